The van der Waals surface area contributed by atoms with Crippen molar-refractivity contribution in [1.82, 2.24) is 9.13 Å². The Morgan fingerprint density at radius 3 is 2.32 bits per heavy atom. The van der Waals surface area contributed by atoms with Crippen LogP contribution in [0.2, 0.25) is 0 Å². The van der Waals surface area contributed by atoms with Crippen LogP contribution in [-0.4, -0.2) is 22.1 Å². The van der Waals surface area contributed by atoms with Crippen LogP contribution in [0.5, 0.6) is 5.88 Å². The first kappa shape index (κ1) is 19.4. The molecule has 0 saturated heterocycles. The summed E-state index contributed by atoms with van der Waals surface area (Å²) in [5, 5.41) is 0. The average Bonchev–Trinajstić information content (AvgIpc) is 2.79. The third-order valence-corrected chi connectivity index (χ3v) is 6.50. The van der Waals surface area contributed by atoms with Crippen molar-refractivity contribution in [3.63, 3.8) is 0 Å². The molecule has 0 radical (unpaired) electrons. The number of carbonyl (C=O) groups is 1. The van der Waals surface area contributed by atoms with Gasteiger partial charge >= 0.3 is 5.69 Å². The summed E-state index contributed by atoms with van der Waals surface area (Å²) in [5.74, 6) is -1.03. The standard InChI is InChI=1S/C24H23N3O4/c1-13-10-11-16-15(12-13)17-18(21(28)25(16)2)20(14-8-6-5-7-9-14)31-23-19(17)22(29)26(3)24(30)27(23)4/h5-12,17-18,20H,1-4H3. The summed E-state index contributed by atoms with van der Waals surface area (Å²) in [6.07, 6.45) is -0.625. The molecule has 3 aromatic rings. The first-order valence-electron chi connectivity index (χ1n) is 10.2. The molecular weight excluding hydrogens is 394 g/mol. The molecule has 2 aromatic carbocycles. The maximum atomic E-state index is 13.6. The van der Waals surface area contributed by atoms with Crippen molar-refractivity contribution in [2.24, 2.45) is 20.0 Å². The quantitative estimate of drug-likeness (QED) is 0.609. The number of rotatable bonds is 1. The first-order chi connectivity index (χ1) is 14.8. The number of ether oxygens (including phenoxy) is 1. The Balaban J connectivity index is 1.89. The summed E-state index contributed by atoms with van der Waals surface area (Å²) < 4.78 is 8.75. The Morgan fingerprint density at radius 1 is 0.903 bits per heavy atom. The predicted octanol–water partition coefficient (Wildman–Crippen LogP) is 2.25. The highest BCUT2D eigenvalue weighted by Gasteiger charge is 2.51. The Labute approximate surface area is 179 Å². The number of nitrogens with zero attached hydrogens (tertiary/aromatic N) is 3. The highest BCUT2D eigenvalue weighted by atomic mass is 16.5. The van der Waals surface area contributed by atoms with E-state index in [0.717, 1.165) is 26.9 Å². The minimum Gasteiger partial charge on any atom is -0.469 e. The summed E-state index contributed by atoms with van der Waals surface area (Å²) in [6, 6.07) is 15.4. The molecule has 5 rings (SSSR count). The summed E-state index contributed by atoms with van der Waals surface area (Å²) in [7, 11) is 4.80. The lowest BCUT2D eigenvalue weighted by Crippen LogP contribution is -2.51. The Bertz CT molecular complexity index is 1340. The van der Waals surface area contributed by atoms with Gasteiger partial charge in [-0.1, -0.05) is 48.0 Å². The Hall–Kier alpha value is -3.61. The molecule has 3 heterocycles. The molecule has 3 unspecified atom stereocenters. The van der Waals surface area contributed by atoms with Gasteiger partial charge in [-0.2, -0.15) is 0 Å². The molecule has 0 saturated carbocycles. The van der Waals surface area contributed by atoms with E-state index in [4.69, 9.17) is 4.74 Å². The fourth-order valence-corrected chi connectivity index (χ4v) is 4.92. The zero-order chi connectivity index (χ0) is 22.0. The van der Waals surface area contributed by atoms with Crippen molar-refractivity contribution in [3.8, 4) is 5.88 Å². The molecule has 0 spiro atoms. The van der Waals surface area contributed by atoms with Crippen LogP contribution in [0.15, 0.2) is 58.1 Å². The molecule has 2 aliphatic heterocycles. The van der Waals surface area contributed by atoms with E-state index >= 15 is 0 Å². The monoisotopic (exact) mass is 417 g/mol. The molecule has 0 aliphatic carbocycles. The Morgan fingerprint density at radius 2 is 1.61 bits per heavy atom. The molecule has 3 atom stereocenters. The molecule has 0 bridgehead atoms. The number of aryl methyl sites for hydroxylation is 1. The summed E-state index contributed by atoms with van der Waals surface area (Å²) in [6.45, 7) is 1.99. The van der Waals surface area contributed by atoms with Crippen molar-refractivity contribution in [1.29, 1.82) is 0 Å². The number of anilines is 1. The van der Waals surface area contributed by atoms with Gasteiger partial charge in [0.2, 0.25) is 11.8 Å². The minimum absolute atomic E-state index is 0.114. The molecular formula is C24H23N3O4. The van der Waals surface area contributed by atoms with Crippen LogP contribution in [0.1, 0.15) is 34.3 Å². The van der Waals surface area contributed by atoms with Crippen LogP contribution in [0.25, 0.3) is 0 Å². The third kappa shape index (κ3) is 2.62. The first-order valence-corrected chi connectivity index (χ1v) is 10.2. The van der Waals surface area contributed by atoms with Gasteiger partial charge in [0.1, 0.15) is 6.10 Å². The van der Waals surface area contributed by atoms with Crippen LogP contribution < -0.4 is 20.9 Å². The lowest BCUT2D eigenvalue weighted by Gasteiger charge is -2.45. The lowest BCUT2D eigenvalue weighted by molar-refractivity contribution is -0.127. The molecule has 158 valence electrons. The molecule has 0 N–H and O–H groups in total. The van der Waals surface area contributed by atoms with Crippen molar-refractivity contribution in [3.05, 3.63) is 91.6 Å². The van der Waals surface area contributed by atoms with E-state index in [0.29, 0.717) is 5.56 Å². The Kier molecular flexibility index (Phi) is 4.18. The van der Waals surface area contributed by atoms with Crippen LogP contribution in [0.4, 0.5) is 5.69 Å². The fraction of sp³-hybridized carbons (Fsp3) is 0.292. The number of carbonyl (C=O) groups excluding carboxylic acids is 1. The van der Waals surface area contributed by atoms with Gasteiger partial charge < -0.3 is 9.64 Å². The molecule has 0 fully saturated rings. The molecule has 7 nitrogen and oxygen atoms in total. The zero-order valence-electron chi connectivity index (χ0n) is 17.8. The average molecular weight is 417 g/mol. The van der Waals surface area contributed by atoms with E-state index in [-0.39, 0.29) is 11.8 Å². The second kappa shape index (κ2) is 6.70. The smallest absolute Gasteiger partial charge is 0.333 e. The SMILES string of the molecule is Cc1ccc2c(c1)C1c3c(n(C)c(=O)n(C)c3=O)OC(c3ccccc3)C1C(=O)N2C. The van der Waals surface area contributed by atoms with E-state index in [1.807, 2.05) is 55.5 Å². The maximum absolute atomic E-state index is 13.6. The molecule has 1 amide bonds. The molecule has 2 aliphatic rings. The highest BCUT2D eigenvalue weighted by Crippen LogP contribution is 2.52. The van der Waals surface area contributed by atoms with E-state index < -0.39 is 29.2 Å². The van der Waals surface area contributed by atoms with Gasteiger partial charge in [0.15, 0.2) is 0 Å². The summed E-state index contributed by atoms with van der Waals surface area (Å²) in [4.78, 5) is 41.2. The number of fused-ring (bicyclic) bond motifs is 5. The highest BCUT2D eigenvalue weighted by molar-refractivity contribution is 6.00. The fourth-order valence-electron chi connectivity index (χ4n) is 4.92. The number of amides is 1. The van der Waals surface area contributed by atoms with Crippen molar-refractivity contribution < 1.29 is 9.53 Å². The van der Waals surface area contributed by atoms with Gasteiger partial charge in [0.25, 0.3) is 5.56 Å². The van der Waals surface area contributed by atoms with E-state index in [2.05, 4.69) is 0 Å². The molecule has 7 heteroatoms. The van der Waals surface area contributed by atoms with Crippen LogP contribution >= 0.6 is 0 Å². The summed E-state index contributed by atoms with van der Waals surface area (Å²) in [5.41, 5.74) is 3.00. The van der Waals surface area contributed by atoms with Crippen LogP contribution in [0.3, 0.4) is 0 Å². The second-order valence-electron chi connectivity index (χ2n) is 8.34. The van der Waals surface area contributed by atoms with Gasteiger partial charge in [0, 0.05) is 32.7 Å². The topological polar surface area (TPSA) is 73.5 Å². The zero-order valence-corrected chi connectivity index (χ0v) is 17.8. The predicted molar refractivity (Wildman–Crippen MR) is 117 cm³/mol. The van der Waals surface area contributed by atoms with Gasteiger partial charge in [-0.3, -0.25) is 18.7 Å². The second-order valence-corrected chi connectivity index (χ2v) is 8.34. The van der Waals surface area contributed by atoms with E-state index in [1.54, 1.807) is 19.0 Å². The number of benzene rings is 2. The van der Waals surface area contributed by atoms with Crippen LogP contribution in [0, 0.1) is 12.8 Å². The van der Waals surface area contributed by atoms with Gasteiger partial charge in [-0.05, 0) is 24.1 Å². The normalized spacial score (nSPS) is 21.7. The number of hydrogen-bond acceptors (Lipinski definition) is 4. The summed E-state index contributed by atoms with van der Waals surface area (Å²) >= 11 is 0. The number of aromatic nitrogens is 2. The largest absolute Gasteiger partial charge is 0.469 e. The minimum atomic E-state index is -0.626. The van der Waals surface area contributed by atoms with Gasteiger partial charge in [-0.25, -0.2) is 4.79 Å². The maximum Gasteiger partial charge on any atom is 0.333 e. The number of hydrogen-bond donors (Lipinski definition) is 0. The lowest BCUT2D eigenvalue weighted by atomic mass is 9.71. The van der Waals surface area contributed by atoms with E-state index in [1.165, 1.54) is 11.6 Å². The van der Waals surface area contributed by atoms with Crippen molar-refractivity contribution in [2.75, 3.05) is 11.9 Å². The van der Waals surface area contributed by atoms with Crippen molar-refractivity contribution in [2.45, 2.75) is 18.9 Å². The third-order valence-electron chi connectivity index (χ3n) is 6.50. The van der Waals surface area contributed by atoms with Gasteiger partial charge in [-0.15, -0.1) is 0 Å². The molecule has 1 aromatic heterocycles. The molecule has 31 heavy (non-hydrogen) atoms. The van der Waals surface area contributed by atoms with Gasteiger partial charge in [0.05, 0.1) is 11.5 Å². The van der Waals surface area contributed by atoms with Crippen LogP contribution in [-0.2, 0) is 18.9 Å². The van der Waals surface area contributed by atoms with E-state index in [9.17, 15) is 14.4 Å². The van der Waals surface area contributed by atoms with Crippen molar-refractivity contribution >= 4 is 11.6 Å².